The molecule has 0 saturated heterocycles. The van der Waals surface area contributed by atoms with Crippen molar-refractivity contribution in [2.75, 3.05) is 6.54 Å². The zero-order chi connectivity index (χ0) is 15.6. The van der Waals surface area contributed by atoms with Gasteiger partial charge in [-0.1, -0.05) is 24.6 Å². The molecule has 7 heteroatoms. The Morgan fingerprint density at radius 3 is 2.52 bits per heavy atom. The Hall–Kier alpha value is -1.11. The SMILES string of the molecule is CCNC(c1ccc(F)c(C(F)(F)F)c1)c1sccc1Cl. The van der Waals surface area contributed by atoms with Crippen LogP contribution in [-0.4, -0.2) is 6.54 Å². The van der Waals surface area contributed by atoms with E-state index in [1.807, 2.05) is 6.92 Å². The van der Waals surface area contributed by atoms with E-state index >= 15 is 0 Å². The van der Waals surface area contributed by atoms with Crippen LogP contribution in [0.1, 0.15) is 29.0 Å². The summed E-state index contributed by atoms with van der Waals surface area (Å²) >= 11 is 7.40. The molecular weight excluding hydrogens is 326 g/mol. The molecule has 0 aliphatic heterocycles. The van der Waals surface area contributed by atoms with Crippen LogP contribution in [0.3, 0.4) is 0 Å². The third-order valence-electron chi connectivity index (χ3n) is 2.94. The molecule has 114 valence electrons. The topological polar surface area (TPSA) is 12.0 Å². The molecule has 1 atom stereocenters. The quantitative estimate of drug-likeness (QED) is 0.750. The number of alkyl halides is 3. The van der Waals surface area contributed by atoms with E-state index in [0.29, 0.717) is 22.0 Å². The Kier molecular flexibility index (Phi) is 4.91. The first-order chi connectivity index (χ1) is 9.84. The lowest BCUT2D eigenvalue weighted by atomic mass is 10.0. The summed E-state index contributed by atoms with van der Waals surface area (Å²) in [6.07, 6.45) is -4.73. The summed E-state index contributed by atoms with van der Waals surface area (Å²) in [7, 11) is 0. The highest BCUT2D eigenvalue weighted by molar-refractivity contribution is 7.10. The van der Waals surface area contributed by atoms with Crippen molar-refractivity contribution in [1.82, 2.24) is 5.32 Å². The molecule has 1 heterocycles. The predicted octanol–water partition coefficient (Wildman–Crippen LogP) is 5.26. The first kappa shape index (κ1) is 16.3. The summed E-state index contributed by atoms with van der Waals surface area (Å²) in [6, 6.07) is 4.20. The van der Waals surface area contributed by atoms with Gasteiger partial charge in [-0.2, -0.15) is 13.2 Å². The van der Waals surface area contributed by atoms with Gasteiger partial charge in [-0.3, -0.25) is 0 Å². The second-order valence-corrected chi connectivity index (χ2v) is 5.72. The first-order valence-electron chi connectivity index (χ1n) is 6.17. The number of rotatable bonds is 4. The minimum Gasteiger partial charge on any atom is -0.306 e. The fraction of sp³-hybridized carbons (Fsp3) is 0.286. The highest BCUT2D eigenvalue weighted by atomic mass is 35.5. The zero-order valence-corrected chi connectivity index (χ0v) is 12.5. The van der Waals surface area contributed by atoms with Crippen molar-refractivity contribution in [3.63, 3.8) is 0 Å². The third kappa shape index (κ3) is 3.56. The Morgan fingerprint density at radius 1 is 1.29 bits per heavy atom. The summed E-state index contributed by atoms with van der Waals surface area (Å²) in [6.45, 7) is 2.38. The van der Waals surface area contributed by atoms with E-state index in [1.165, 1.54) is 17.4 Å². The van der Waals surface area contributed by atoms with E-state index in [4.69, 9.17) is 11.6 Å². The molecule has 2 aromatic rings. The van der Waals surface area contributed by atoms with E-state index in [1.54, 1.807) is 11.4 Å². The van der Waals surface area contributed by atoms with Gasteiger partial charge >= 0.3 is 6.18 Å². The number of hydrogen-bond acceptors (Lipinski definition) is 2. The maximum Gasteiger partial charge on any atom is 0.419 e. The molecule has 0 spiro atoms. The van der Waals surface area contributed by atoms with Gasteiger partial charge in [0, 0.05) is 4.88 Å². The molecule has 1 N–H and O–H groups in total. The lowest BCUT2D eigenvalue weighted by Crippen LogP contribution is -2.22. The molecule has 1 aromatic carbocycles. The minimum absolute atomic E-state index is 0.329. The summed E-state index contributed by atoms with van der Waals surface area (Å²) in [5, 5.41) is 5.31. The molecule has 0 radical (unpaired) electrons. The van der Waals surface area contributed by atoms with Gasteiger partial charge in [0.1, 0.15) is 5.82 Å². The van der Waals surface area contributed by atoms with Crippen LogP contribution in [0.5, 0.6) is 0 Å². The molecule has 1 aromatic heterocycles. The number of nitrogens with one attached hydrogen (secondary N) is 1. The van der Waals surface area contributed by atoms with Gasteiger partial charge in [-0.05, 0) is 35.7 Å². The molecule has 0 aliphatic carbocycles. The lowest BCUT2D eigenvalue weighted by Gasteiger charge is -2.19. The smallest absolute Gasteiger partial charge is 0.306 e. The van der Waals surface area contributed by atoms with E-state index < -0.39 is 23.6 Å². The maximum atomic E-state index is 13.4. The van der Waals surface area contributed by atoms with E-state index in [0.717, 1.165) is 12.1 Å². The second-order valence-electron chi connectivity index (χ2n) is 4.36. The Morgan fingerprint density at radius 2 is 2.00 bits per heavy atom. The van der Waals surface area contributed by atoms with Crippen LogP contribution in [0.4, 0.5) is 17.6 Å². The lowest BCUT2D eigenvalue weighted by molar-refractivity contribution is -0.140. The van der Waals surface area contributed by atoms with Crippen molar-refractivity contribution in [1.29, 1.82) is 0 Å². The van der Waals surface area contributed by atoms with Crippen molar-refractivity contribution in [3.8, 4) is 0 Å². The molecular formula is C14H12ClF4NS. The molecule has 0 bridgehead atoms. The Bertz CT molecular complexity index is 624. The van der Waals surface area contributed by atoms with E-state index in [-0.39, 0.29) is 0 Å². The fourth-order valence-corrected chi connectivity index (χ4v) is 3.28. The number of hydrogen-bond donors (Lipinski definition) is 1. The Labute approximate surface area is 128 Å². The van der Waals surface area contributed by atoms with Gasteiger partial charge in [0.25, 0.3) is 0 Å². The summed E-state index contributed by atoms with van der Waals surface area (Å²) in [5.74, 6) is -1.28. The summed E-state index contributed by atoms with van der Waals surface area (Å²) < 4.78 is 51.8. The third-order valence-corrected chi connectivity index (χ3v) is 4.37. The fourth-order valence-electron chi connectivity index (χ4n) is 2.02. The number of halogens is 5. The first-order valence-corrected chi connectivity index (χ1v) is 7.43. The molecule has 2 rings (SSSR count). The van der Waals surface area contributed by atoms with E-state index in [9.17, 15) is 17.6 Å². The number of benzene rings is 1. The highest BCUT2D eigenvalue weighted by Crippen LogP contribution is 2.37. The summed E-state index contributed by atoms with van der Waals surface area (Å²) in [5.41, 5.74) is -0.939. The zero-order valence-electron chi connectivity index (χ0n) is 11.0. The molecule has 0 aliphatic rings. The van der Waals surface area contributed by atoms with Crippen LogP contribution < -0.4 is 5.32 Å². The minimum atomic E-state index is -4.73. The van der Waals surface area contributed by atoms with Gasteiger partial charge in [-0.25, -0.2) is 4.39 Å². The standard InChI is InChI=1S/C14H12ClF4NS/c1-2-20-12(13-10(15)5-6-21-13)8-3-4-11(16)9(7-8)14(17,18)19/h3-7,12,20H,2H2,1H3. The van der Waals surface area contributed by atoms with Crippen molar-refractivity contribution >= 4 is 22.9 Å². The molecule has 0 fully saturated rings. The molecule has 1 nitrogen and oxygen atoms in total. The van der Waals surface area contributed by atoms with Crippen molar-refractivity contribution < 1.29 is 17.6 Å². The van der Waals surface area contributed by atoms with Crippen molar-refractivity contribution in [3.05, 3.63) is 56.5 Å². The number of thiophene rings is 1. The van der Waals surface area contributed by atoms with Crippen LogP contribution >= 0.6 is 22.9 Å². The van der Waals surface area contributed by atoms with Crippen LogP contribution in [0.25, 0.3) is 0 Å². The van der Waals surface area contributed by atoms with Crippen molar-refractivity contribution in [2.24, 2.45) is 0 Å². The van der Waals surface area contributed by atoms with E-state index in [2.05, 4.69) is 5.32 Å². The van der Waals surface area contributed by atoms with Gasteiger partial charge in [0.2, 0.25) is 0 Å². The molecule has 21 heavy (non-hydrogen) atoms. The van der Waals surface area contributed by atoms with Gasteiger partial charge in [0.05, 0.1) is 16.6 Å². The maximum absolute atomic E-state index is 13.4. The van der Waals surface area contributed by atoms with Gasteiger partial charge in [-0.15, -0.1) is 11.3 Å². The summed E-state index contributed by atoms with van der Waals surface area (Å²) in [4.78, 5) is 0.707. The average molecular weight is 338 g/mol. The molecule has 1 unspecified atom stereocenters. The highest BCUT2D eigenvalue weighted by Gasteiger charge is 2.35. The largest absolute Gasteiger partial charge is 0.419 e. The second kappa shape index (κ2) is 6.34. The normalized spacial score (nSPS) is 13.4. The molecule has 0 amide bonds. The van der Waals surface area contributed by atoms with Crippen molar-refractivity contribution in [2.45, 2.75) is 19.1 Å². The monoisotopic (exact) mass is 337 g/mol. The van der Waals surface area contributed by atoms with Crippen LogP contribution in [0.15, 0.2) is 29.6 Å². The van der Waals surface area contributed by atoms with Gasteiger partial charge in [0.15, 0.2) is 0 Å². The molecule has 0 saturated carbocycles. The van der Waals surface area contributed by atoms with Crippen LogP contribution in [0, 0.1) is 5.82 Å². The van der Waals surface area contributed by atoms with Gasteiger partial charge < -0.3 is 5.32 Å². The van der Waals surface area contributed by atoms with Crippen LogP contribution in [0.2, 0.25) is 5.02 Å². The average Bonchev–Trinajstić information content (AvgIpc) is 2.82. The predicted molar refractivity (Wildman–Crippen MR) is 76.3 cm³/mol. The van der Waals surface area contributed by atoms with Crippen LogP contribution in [-0.2, 0) is 6.18 Å². The Balaban J connectivity index is 2.49.